The van der Waals surface area contributed by atoms with Crippen LogP contribution < -0.4 is 4.74 Å². The first-order valence-corrected chi connectivity index (χ1v) is 25.3. The molecule has 1 heterocycles. The van der Waals surface area contributed by atoms with Gasteiger partial charge in [0.15, 0.2) is 6.79 Å². The number of benzene rings is 6. The van der Waals surface area contributed by atoms with E-state index in [-0.39, 0.29) is 24.9 Å². The number of hydrogen-bond acceptors (Lipinski definition) is 6. The molecule has 0 aromatic heterocycles. The summed E-state index contributed by atoms with van der Waals surface area (Å²) in [6, 6.07) is 53.6. The molecule has 61 heavy (non-hydrogen) atoms. The fourth-order valence-electron chi connectivity index (χ4n) is 8.09. The number of piperidine rings is 1. The van der Waals surface area contributed by atoms with Crippen LogP contribution in [0.25, 0.3) is 10.8 Å². The molecule has 0 bridgehead atoms. The van der Waals surface area contributed by atoms with Gasteiger partial charge in [-0.05, 0) is 66.4 Å². The van der Waals surface area contributed by atoms with Crippen LogP contribution in [0.3, 0.4) is 0 Å². The summed E-state index contributed by atoms with van der Waals surface area (Å²) in [5.41, 5.74) is 4.93. The van der Waals surface area contributed by atoms with Crippen LogP contribution in [-0.4, -0.2) is 57.3 Å². The van der Waals surface area contributed by atoms with Gasteiger partial charge in [0.1, 0.15) is 17.0 Å². The van der Waals surface area contributed by atoms with Crippen LogP contribution in [0.4, 0.5) is 4.79 Å². The SMILES string of the molecule is CC(C)(C)OC(=O)N1CCC(c2ccc(COC(c3ccccc3)(c3ccccc3)c3ccccc3)cc2)C(OCc2ccc3ccccc3c2OCOCC[Si](C)(C)C)C1. The molecule has 7 rings (SSSR count). The monoisotopic (exact) mass is 835 g/mol. The van der Waals surface area contributed by atoms with Crippen LogP contribution in [-0.2, 0) is 37.8 Å². The predicted octanol–water partition coefficient (Wildman–Crippen LogP) is 12.3. The molecule has 7 nitrogen and oxygen atoms in total. The van der Waals surface area contributed by atoms with Crippen molar-refractivity contribution in [3.63, 3.8) is 0 Å². The van der Waals surface area contributed by atoms with E-state index in [1.807, 2.05) is 51.1 Å². The highest BCUT2D eigenvalue weighted by Crippen LogP contribution is 2.42. The summed E-state index contributed by atoms with van der Waals surface area (Å²) >= 11 is 0. The normalized spacial score (nSPS) is 16.1. The van der Waals surface area contributed by atoms with E-state index in [1.165, 1.54) is 0 Å². The van der Waals surface area contributed by atoms with Gasteiger partial charge >= 0.3 is 6.09 Å². The van der Waals surface area contributed by atoms with Gasteiger partial charge in [0, 0.05) is 38.1 Å². The Kier molecular flexibility index (Phi) is 14.1. The molecular weight excluding hydrogens is 775 g/mol. The van der Waals surface area contributed by atoms with Gasteiger partial charge in [0.05, 0.1) is 25.9 Å². The summed E-state index contributed by atoms with van der Waals surface area (Å²) in [5, 5.41) is 2.11. The van der Waals surface area contributed by atoms with Gasteiger partial charge in [-0.2, -0.15) is 0 Å². The molecule has 0 N–H and O–H groups in total. The number of hydrogen-bond donors (Lipinski definition) is 0. The standard InChI is InChI=1S/C53H61NO6Si/c1-52(2,3)60-51(55)54-33-32-47(49(36-54)57-38-43-31-30-41-18-16-17-25-48(41)50(43)58-39-56-34-35-61(4,5)6)42-28-26-40(27-29-42)37-59-53(44-19-10-7-11-20-44,45-21-12-8-13-22-45)46-23-14-9-15-24-46/h7-31,47,49H,32-39H2,1-6H3. The number of nitrogens with zero attached hydrogens (tertiary/aromatic N) is 1. The van der Waals surface area contributed by atoms with E-state index < -0.39 is 19.3 Å². The fourth-order valence-corrected chi connectivity index (χ4v) is 8.84. The number of carbonyl (C=O) groups excluding carboxylic acids is 1. The van der Waals surface area contributed by atoms with E-state index >= 15 is 0 Å². The third-order valence-corrected chi connectivity index (χ3v) is 13.0. The maximum atomic E-state index is 13.4. The molecule has 8 heteroatoms. The average Bonchev–Trinajstić information content (AvgIpc) is 3.26. The lowest BCUT2D eigenvalue weighted by Gasteiger charge is -2.39. The van der Waals surface area contributed by atoms with Crippen molar-refractivity contribution in [2.45, 2.75) is 89.3 Å². The highest BCUT2D eigenvalue weighted by Gasteiger charge is 2.38. The third-order valence-electron chi connectivity index (χ3n) is 11.3. The maximum absolute atomic E-state index is 13.4. The maximum Gasteiger partial charge on any atom is 0.410 e. The Labute approximate surface area is 363 Å². The quantitative estimate of drug-likeness (QED) is 0.0419. The molecular formula is C53H61NO6Si. The van der Waals surface area contributed by atoms with Crippen LogP contribution in [0.1, 0.15) is 66.5 Å². The number of likely N-dealkylation sites (tertiary alicyclic amines) is 1. The zero-order valence-corrected chi connectivity index (χ0v) is 37.6. The third kappa shape index (κ3) is 11.2. The minimum Gasteiger partial charge on any atom is -0.467 e. The number of ether oxygens (including phenoxy) is 5. The van der Waals surface area contributed by atoms with E-state index in [0.29, 0.717) is 32.9 Å². The minimum atomic E-state index is -1.23. The predicted molar refractivity (Wildman–Crippen MR) is 248 cm³/mol. The molecule has 318 valence electrons. The van der Waals surface area contributed by atoms with E-state index in [0.717, 1.165) is 62.4 Å². The van der Waals surface area contributed by atoms with Gasteiger partial charge < -0.3 is 28.6 Å². The molecule has 1 amide bonds. The summed E-state index contributed by atoms with van der Waals surface area (Å²) in [7, 11) is -1.23. The van der Waals surface area contributed by atoms with Gasteiger partial charge in [-0.25, -0.2) is 4.79 Å². The van der Waals surface area contributed by atoms with Crippen molar-refractivity contribution in [1.29, 1.82) is 0 Å². The van der Waals surface area contributed by atoms with E-state index in [2.05, 4.69) is 141 Å². The minimum absolute atomic E-state index is 0.0421. The Morgan fingerprint density at radius 3 is 1.89 bits per heavy atom. The molecule has 0 spiro atoms. The summed E-state index contributed by atoms with van der Waals surface area (Å²) in [4.78, 5) is 15.2. The van der Waals surface area contributed by atoms with Gasteiger partial charge in [0.2, 0.25) is 0 Å². The molecule has 0 radical (unpaired) electrons. The van der Waals surface area contributed by atoms with Crippen LogP contribution in [0.5, 0.6) is 5.75 Å². The molecule has 1 saturated heterocycles. The molecule has 1 fully saturated rings. The Balaban J connectivity index is 1.13. The molecule has 1 aliphatic heterocycles. The summed E-state index contributed by atoms with van der Waals surface area (Å²) in [5.74, 6) is 0.810. The fraction of sp³-hybridized carbons (Fsp3) is 0.340. The highest BCUT2D eigenvalue weighted by atomic mass is 28.3. The smallest absolute Gasteiger partial charge is 0.410 e. The lowest BCUT2D eigenvalue weighted by Crippen LogP contribution is -2.48. The summed E-state index contributed by atoms with van der Waals surface area (Å²) in [6.07, 6.45) is 0.110. The van der Waals surface area contributed by atoms with E-state index in [1.54, 1.807) is 4.90 Å². The molecule has 2 atom stereocenters. The van der Waals surface area contributed by atoms with E-state index in [4.69, 9.17) is 23.7 Å². The molecule has 0 saturated carbocycles. The molecule has 1 aliphatic rings. The topological polar surface area (TPSA) is 66.5 Å². The largest absolute Gasteiger partial charge is 0.467 e. The van der Waals surface area contributed by atoms with Crippen LogP contribution in [0.2, 0.25) is 25.7 Å². The lowest BCUT2D eigenvalue weighted by atomic mass is 9.80. The lowest BCUT2D eigenvalue weighted by molar-refractivity contribution is -0.0372. The number of carbonyl (C=O) groups is 1. The first kappa shape index (κ1) is 43.8. The molecule has 6 aromatic carbocycles. The van der Waals surface area contributed by atoms with Crippen molar-refractivity contribution < 1.29 is 28.5 Å². The van der Waals surface area contributed by atoms with Crippen LogP contribution in [0, 0.1) is 0 Å². The molecule has 2 unspecified atom stereocenters. The summed E-state index contributed by atoms with van der Waals surface area (Å²) < 4.78 is 32.2. The Hall–Kier alpha value is -5.25. The second-order valence-electron chi connectivity index (χ2n) is 18.2. The Morgan fingerprint density at radius 1 is 0.705 bits per heavy atom. The van der Waals surface area contributed by atoms with Crippen molar-refractivity contribution >= 4 is 24.9 Å². The zero-order valence-electron chi connectivity index (χ0n) is 36.6. The van der Waals surface area contributed by atoms with Gasteiger partial charge in [-0.15, -0.1) is 0 Å². The van der Waals surface area contributed by atoms with Crippen molar-refractivity contribution in [3.05, 3.63) is 185 Å². The molecule has 0 aliphatic carbocycles. The number of amides is 1. The zero-order chi connectivity index (χ0) is 42.9. The second kappa shape index (κ2) is 19.6. The second-order valence-corrected chi connectivity index (χ2v) is 23.9. The van der Waals surface area contributed by atoms with Gasteiger partial charge in [0.25, 0.3) is 0 Å². The first-order chi connectivity index (χ1) is 29.4. The Bertz CT molecular complexity index is 2210. The van der Waals surface area contributed by atoms with Crippen molar-refractivity contribution in [3.8, 4) is 5.75 Å². The van der Waals surface area contributed by atoms with Crippen molar-refractivity contribution in [2.24, 2.45) is 0 Å². The highest BCUT2D eigenvalue weighted by molar-refractivity contribution is 6.76. The van der Waals surface area contributed by atoms with Crippen molar-refractivity contribution in [2.75, 3.05) is 26.5 Å². The summed E-state index contributed by atoms with van der Waals surface area (Å²) in [6.45, 7) is 15.3. The van der Waals surface area contributed by atoms with E-state index in [9.17, 15) is 4.79 Å². The van der Waals surface area contributed by atoms with Gasteiger partial charge in [-0.1, -0.05) is 171 Å². The van der Waals surface area contributed by atoms with Crippen LogP contribution in [0.15, 0.2) is 152 Å². The first-order valence-electron chi connectivity index (χ1n) is 21.6. The average molecular weight is 836 g/mol. The van der Waals surface area contributed by atoms with Crippen LogP contribution >= 0.6 is 0 Å². The van der Waals surface area contributed by atoms with Crippen molar-refractivity contribution in [1.82, 2.24) is 4.90 Å². The van der Waals surface area contributed by atoms with Gasteiger partial charge in [-0.3, -0.25) is 0 Å². The Morgan fingerprint density at radius 2 is 1.30 bits per heavy atom. The number of fused-ring (bicyclic) bond motifs is 1. The molecule has 6 aromatic rings. The number of rotatable bonds is 16.